The van der Waals surface area contributed by atoms with E-state index in [-0.39, 0.29) is 11.1 Å². The first-order valence-electron chi connectivity index (χ1n) is 8.57. The van der Waals surface area contributed by atoms with Crippen LogP contribution in [-0.2, 0) is 15.7 Å². The molecule has 0 aromatic carbocycles. The molecule has 0 unspecified atom stereocenters. The van der Waals surface area contributed by atoms with Gasteiger partial charge >= 0.3 is 5.97 Å². The zero-order valence-corrected chi connectivity index (χ0v) is 17.3. The van der Waals surface area contributed by atoms with Crippen molar-refractivity contribution in [3.05, 3.63) is 11.8 Å². The number of carbonyl (C=O) groups is 1. The molecule has 1 aromatic heterocycles. The lowest BCUT2D eigenvalue weighted by Gasteiger charge is -2.38. The predicted octanol–water partition coefficient (Wildman–Crippen LogP) is 3.87. The Bertz CT molecular complexity index is 549. The monoisotopic (exact) mass is 356 g/mol. The van der Waals surface area contributed by atoms with E-state index in [1.807, 2.05) is 13.8 Å². The van der Waals surface area contributed by atoms with Gasteiger partial charge in [0, 0.05) is 6.07 Å². The smallest absolute Gasteiger partial charge is 0.356 e. The predicted molar refractivity (Wildman–Crippen MR) is 97.1 cm³/mol. The maximum Gasteiger partial charge on any atom is 0.356 e. The Morgan fingerprint density at radius 3 is 2.42 bits per heavy atom. The maximum atomic E-state index is 12.1. The molecular formula is C17H32N2O4Si. The van der Waals surface area contributed by atoms with Crippen LogP contribution in [0, 0.1) is 0 Å². The van der Waals surface area contributed by atoms with Gasteiger partial charge in [-0.15, -0.1) is 5.10 Å². The summed E-state index contributed by atoms with van der Waals surface area (Å²) in [5, 5.41) is 4.50. The van der Waals surface area contributed by atoms with Gasteiger partial charge in [0.2, 0.25) is 5.88 Å². The number of hydrogen-bond donors (Lipinski definition) is 0. The lowest BCUT2D eigenvalue weighted by atomic mass is 10.2. The number of rotatable bonds is 8. The number of esters is 1. The summed E-state index contributed by atoms with van der Waals surface area (Å²) in [6, 6.07) is 1.63. The lowest BCUT2D eigenvalue weighted by Crippen LogP contribution is -2.44. The molecule has 0 N–H and O–H groups in total. The largest absolute Gasteiger partial charge is 0.477 e. The average molecular weight is 357 g/mol. The topological polar surface area (TPSA) is 62.6 Å². The van der Waals surface area contributed by atoms with E-state index in [9.17, 15) is 4.79 Å². The highest BCUT2D eigenvalue weighted by Crippen LogP contribution is 2.37. The minimum Gasteiger partial charge on any atom is -0.477 e. The van der Waals surface area contributed by atoms with Gasteiger partial charge in [0.15, 0.2) is 14.0 Å². The second kappa shape index (κ2) is 8.16. The first kappa shape index (κ1) is 20.7. The summed E-state index contributed by atoms with van der Waals surface area (Å²) in [6.45, 7) is 18.0. The van der Waals surface area contributed by atoms with Gasteiger partial charge in [-0.2, -0.15) is 0 Å². The zero-order valence-electron chi connectivity index (χ0n) is 16.3. The fourth-order valence-electron chi connectivity index (χ4n) is 2.08. The Morgan fingerprint density at radius 1 is 1.29 bits per heavy atom. The van der Waals surface area contributed by atoms with Crippen LogP contribution >= 0.6 is 0 Å². The SMILES string of the molecule is CCOC(=O)c1cc(OCC)nn1C[C@H](C)O[Si](C)(C)C(C)(C)C. The van der Waals surface area contributed by atoms with Crippen molar-refractivity contribution in [1.29, 1.82) is 0 Å². The van der Waals surface area contributed by atoms with Gasteiger partial charge in [0.1, 0.15) is 0 Å². The number of aromatic nitrogens is 2. The van der Waals surface area contributed by atoms with Crippen LogP contribution in [0.5, 0.6) is 5.88 Å². The van der Waals surface area contributed by atoms with E-state index in [2.05, 4.69) is 39.0 Å². The minimum absolute atomic E-state index is 0.0616. The molecule has 0 bridgehead atoms. The Balaban J connectivity index is 2.94. The van der Waals surface area contributed by atoms with Crippen LogP contribution in [0.1, 0.15) is 52.0 Å². The number of carbonyl (C=O) groups excluding carboxylic acids is 1. The van der Waals surface area contributed by atoms with E-state index in [1.54, 1.807) is 17.7 Å². The summed E-state index contributed by atoms with van der Waals surface area (Å²) in [6.07, 6.45) is -0.0616. The fraction of sp³-hybridized carbons (Fsp3) is 0.765. The molecule has 6 nitrogen and oxygen atoms in total. The normalized spacial score (nSPS) is 13.7. The van der Waals surface area contributed by atoms with Crippen molar-refractivity contribution in [3.63, 3.8) is 0 Å². The van der Waals surface area contributed by atoms with Crippen LogP contribution in [0.2, 0.25) is 18.1 Å². The fourth-order valence-corrected chi connectivity index (χ4v) is 3.51. The van der Waals surface area contributed by atoms with Gasteiger partial charge in [0.05, 0.1) is 25.9 Å². The van der Waals surface area contributed by atoms with Crippen LogP contribution in [0.15, 0.2) is 6.07 Å². The van der Waals surface area contributed by atoms with Crippen molar-refractivity contribution in [2.45, 2.75) is 72.3 Å². The van der Waals surface area contributed by atoms with Gasteiger partial charge in [-0.25, -0.2) is 4.79 Å². The van der Waals surface area contributed by atoms with Crippen molar-refractivity contribution in [2.24, 2.45) is 0 Å². The highest BCUT2D eigenvalue weighted by atomic mass is 28.4. The summed E-state index contributed by atoms with van der Waals surface area (Å²) >= 11 is 0. The molecule has 138 valence electrons. The van der Waals surface area contributed by atoms with E-state index >= 15 is 0 Å². The third-order valence-electron chi connectivity index (χ3n) is 4.27. The first-order chi connectivity index (χ1) is 11.0. The molecule has 0 fully saturated rings. The van der Waals surface area contributed by atoms with Gasteiger partial charge in [-0.3, -0.25) is 4.68 Å². The van der Waals surface area contributed by atoms with Crippen LogP contribution in [0.25, 0.3) is 0 Å². The van der Waals surface area contributed by atoms with Crippen LogP contribution in [-0.4, -0.2) is 43.4 Å². The Morgan fingerprint density at radius 2 is 1.92 bits per heavy atom. The van der Waals surface area contributed by atoms with E-state index in [0.717, 1.165) is 0 Å². The molecule has 1 rings (SSSR count). The van der Waals surface area contributed by atoms with Gasteiger partial charge < -0.3 is 13.9 Å². The molecule has 0 saturated carbocycles. The number of nitrogens with zero attached hydrogens (tertiary/aromatic N) is 2. The Labute approximate surface area is 146 Å². The van der Waals surface area contributed by atoms with Crippen molar-refractivity contribution in [2.75, 3.05) is 13.2 Å². The summed E-state index contributed by atoms with van der Waals surface area (Å²) in [5.74, 6) is 0.0376. The second-order valence-electron chi connectivity index (χ2n) is 7.39. The molecule has 0 aliphatic heterocycles. The molecule has 0 radical (unpaired) electrons. The standard InChI is InChI=1S/C17H32N2O4Si/c1-9-21-15-11-14(16(20)22-10-2)19(18-15)12-13(3)23-24(7,8)17(4,5)6/h11,13H,9-10,12H2,1-8H3/t13-/m0/s1. The lowest BCUT2D eigenvalue weighted by molar-refractivity contribution is 0.0508. The highest BCUT2D eigenvalue weighted by Gasteiger charge is 2.38. The van der Waals surface area contributed by atoms with Gasteiger partial charge in [-0.1, -0.05) is 20.8 Å². The Kier molecular flexibility index (Phi) is 7.04. The summed E-state index contributed by atoms with van der Waals surface area (Å²) in [5.41, 5.74) is 0.394. The summed E-state index contributed by atoms with van der Waals surface area (Å²) < 4.78 is 18.5. The average Bonchev–Trinajstić information content (AvgIpc) is 2.80. The molecular weight excluding hydrogens is 324 g/mol. The van der Waals surface area contributed by atoms with E-state index in [0.29, 0.717) is 31.3 Å². The molecule has 24 heavy (non-hydrogen) atoms. The minimum atomic E-state index is -1.88. The van der Waals surface area contributed by atoms with Crippen molar-refractivity contribution >= 4 is 14.3 Å². The molecule has 0 spiro atoms. The van der Waals surface area contributed by atoms with Crippen molar-refractivity contribution < 1.29 is 18.7 Å². The Hall–Kier alpha value is -1.34. The third-order valence-corrected chi connectivity index (χ3v) is 8.87. The quantitative estimate of drug-likeness (QED) is 0.523. The molecule has 0 aliphatic rings. The number of hydrogen-bond acceptors (Lipinski definition) is 5. The number of ether oxygens (including phenoxy) is 2. The molecule has 1 heterocycles. The van der Waals surface area contributed by atoms with Crippen LogP contribution in [0.4, 0.5) is 0 Å². The highest BCUT2D eigenvalue weighted by molar-refractivity contribution is 6.74. The molecule has 0 saturated heterocycles. The zero-order chi connectivity index (χ0) is 18.5. The molecule has 0 amide bonds. The third kappa shape index (κ3) is 5.34. The molecule has 0 aliphatic carbocycles. The van der Waals surface area contributed by atoms with Crippen molar-refractivity contribution in [1.82, 2.24) is 9.78 Å². The first-order valence-corrected chi connectivity index (χ1v) is 11.5. The molecule has 1 atom stereocenters. The van der Waals surface area contributed by atoms with E-state index in [4.69, 9.17) is 13.9 Å². The summed E-state index contributed by atoms with van der Waals surface area (Å²) in [7, 11) is -1.88. The molecule has 1 aromatic rings. The van der Waals surface area contributed by atoms with E-state index in [1.165, 1.54) is 0 Å². The van der Waals surface area contributed by atoms with Crippen molar-refractivity contribution in [3.8, 4) is 5.88 Å². The molecule has 7 heteroatoms. The van der Waals surface area contributed by atoms with Crippen LogP contribution in [0.3, 0.4) is 0 Å². The van der Waals surface area contributed by atoms with Crippen LogP contribution < -0.4 is 4.74 Å². The second-order valence-corrected chi connectivity index (χ2v) is 12.1. The van der Waals surface area contributed by atoms with Gasteiger partial charge in [-0.05, 0) is 38.9 Å². The maximum absolute atomic E-state index is 12.1. The van der Waals surface area contributed by atoms with Gasteiger partial charge in [0.25, 0.3) is 0 Å². The van der Waals surface area contributed by atoms with E-state index < -0.39 is 14.3 Å². The summed E-state index contributed by atoms with van der Waals surface area (Å²) in [4.78, 5) is 12.1.